The van der Waals surface area contributed by atoms with Gasteiger partial charge in [0.2, 0.25) is 0 Å². The summed E-state index contributed by atoms with van der Waals surface area (Å²) in [5.41, 5.74) is 1.19. The molecule has 1 rings (SSSR count). The number of methoxy groups -OCH3 is 1. The van der Waals surface area contributed by atoms with Crippen LogP contribution in [0.1, 0.15) is 24.9 Å². The van der Waals surface area contributed by atoms with Crippen LogP contribution in [0.2, 0.25) is 0 Å². The van der Waals surface area contributed by atoms with Crippen molar-refractivity contribution in [3.63, 3.8) is 0 Å². The fourth-order valence-corrected chi connectivity index (χ4v) is 2.68. The second-order valence-corrected chi connectivity index (χ2v) is 5.38. The van der Waals surface area contributed by atoms with Crippen molar-refractivity contribution < 1.29 is 14.3 Å². The highest BCUT2D eigenvalue weighted by Gasteiger charge is 2.10. The Morgan fingerprint density at radius 1 is 1.35 bits per heavy atom. The van der Waals surface area contributed by atoms with Gasteiger partial charge in [-0.05, 0) is 31.2 Å². The van der Waals surface area contributed by atoms with Gasteiger partial charge in [-0.3, -0.25) is 4.79 Å². The van der Waals surface area contributed by atoms with Crippen LogP contribution >= 0.6 is 11.8 Å². The molecule has 1 atom stereocenters. The molecule has 0 fully saturated rings. The van der Waals surface area contributed by atoms with Crippen molar-refractivity contribution in [3.05, 3.63) is 29.8 Å². The number of hydrogen-bond donors (Lipinski definition) is 1. The lowest BCUT2D eigenvalue weighted by atomic mass is 10.1. The molecule has 0 amide bonds. The molecule has 1 aromatic rings. The van der Waals surface area contributed by atoms with E-state index in [9.17, 15) is 4.79 Å². The van der Waals surface area contributed by atoms with Gasteiger partial charge in [0.25, 0.3) is 0 Å². The summed E-state index contributed by atoms with van der Waals surface area (Å²) >= 11 is 1.56. The van der Waals surface area contributed by atoms with Crippen LogP contribution in [0.4, 0.5) is 0 Å². The molecule has 0 radical (unpaired) electrons. The van der Waals surface area contributed by atoms with Crippen LogP contribution in [-0.4, -0.2) is 38.2 Å². The zero-order chi connectivity index (χ0) is 14.8. The quantitative estimate of drug-likeness (QED) is 0.710. The monoisotopic (exact) mass is 297 g/mol. The number of benzene rings is 1. The normalized spacial score (nSPS) is 11.9. The Hall–Kier alpha value is -1.20. The van der Waals surface area contributed by atoms with Crippen molar-refractivity contribution >= 4 is 17.7 Å². The van der Waals surface area contributed by atoms with Crippen LogP contribution in [0.15, 0.2) is 24.3 Å². The number of ether oxygens (including phenoxy) is 2. The zero-order valence-corrected chi connectivity index (χ0v) is 13.2. The molecule has 0 saturated carbocycles. The molecular formula is C15H23NO3S. The molecule has 4 nitrogen and oxygen atoms in total. The van der Waals surface area contributed by atoms with Crippen LogP contribution < -0.4 is 10.1 Å². The van der Waals surface area contributed by atoms with E-state index in [0.717, 1.165) is 24.5 Å². The molecule has 112 valence electrons. The van der Waals surface area contributed by atoms with Crippen molar-refractivity contribution in [2.45, 2.75) is 19.4 Å². The van der Waals surface area contributed by atoms with Gasteiger partial charge in [-0.1, -0.05) is 19.1 Å². The van der Waals surface area contributed by atoms with Gasteiger partial charge in [0.1, 0.15) is 5.75 Å². The standard InChI is InChI=1S/C15H23NO3S/c1-4-9-19-13-7-5-12(6-8-13)14(16-2)10-20-11-15(17)18-3/h5-8,14,16H,4,9-11H2,1-3H3. The third-order valence-electron chi connectivity index (χ3n) is 2.84. The summed E-state index contributed by atoms with van der Waals surface area (Å²) in [4.78, 5) is 11.1. The van der Waals surface area contributed by atoms with Crippen LogP contribution in [0, 0.1) is 0 Å². The first kappa shape index (κ1) is 16.9. The van der Waals surface area contributed by atoms with E-state index in [1.807, 2.05) is 19.2 Å². The van der Waals surface area contributed by atoms with Crippen LogP contribution in [0.25, 0.3) is 0 Å². The van der Waals surface area contributed by atoms with E-state index >= 15 is 0 Å². The molecule has 0 aliphatic heterocycles. The van der Waals surface area contributed by atoms with Crippen molar-refractivity contribution in [2.75, 3.05) is 32.3 Å². The average molecular weight is 297 g/mol. The fourth-order valence-electron chi connectivity index (χ4n) is 1.68. The third kappa shape index (κ3) is 5.84. The van der Waals surface area contributed by atoms with Crippen LogP contribution in [0.3, 0.4) is 0 Å². The van der Waals surface area contributed by atoms with E-state index in [4.69, 9.17) is 4.74 Å². The lowest BCUT2D eigenvalue weighted by Crippen LogP contribution is -2.19. The number of thioether (sulfide) groups is 1. The zero-order valence-electron chi connectivity index (χ0n) is 12.3. The fraction of sp³-hybridized carbons (Fsp3) is 0.533. The second-order valence-electron chi connectivity index (χ2n) is 4.35. The smallest absolute Gasteiger partial charge is 0.315 e. The average Bonchev–Trinajstić information content (AvgIpc) is 2.50. The van der Waals surface area contributed by atoms with Gasteiger partial charge in [0, 0.05) is 11.8 Å². The van der Waals surface area contributed by atoms with Gasteiger partial charge < -0.3 is 14.8 Å². The largest absolute Gasteiger partial charge is 0.494 e. The number of hydrogen-bond acceptors (Lipinski definition) is 5. The molecule has 0 bridgehead atoms. The highest BCUT2D eigenvalue weighted by molar-refractivity contribution is 7.99. The van der Waals surface area contributed by atoms with Gasteiger partial charge in [-0.25, -0.2) is 0 Å². The Morgan fingerprint density at radius 2 is 2.05 bits per heavy atom. The Balaban J connectivity index is 2.49. The van der Waals surface area contributed by atoms with Gasteiger partial charge >= 0.3 is 5.97 Å². The van der Waals surface area contributed by atoms with Gasteiger partial charge in [-0.2, -0.15) is 0 Å². The Bertz CT molecular complexity index is 395. The Morgan fingerprint density at radius 3 is 2.60 bits per heavy atom. The molecule has 20 heavy (non-hydrogen) atoms. The van der Waals surface area contributed by atoms with Crippen molar-refractivity contribution in [1.82, 2.24) is 5.32 Å². The molecule has 1 N–H and O–H groups in total. The van der Waals surface area contributed by atoms with E-state index in [2.05, 4.69) is 29.1 Å². The van der Waals surface area contributed by atoms with Gasteiger partial charge in [-0.15, -0.1) is 11.8 Å². The first-order valence-corrected chi connectivity index (χ1v) is 7.91. The maximum atomic E-state index is 11.1. The summed E-state index contributed by atoms with van der Waals surface area (Å²) in [5.74, 6) is 1.91. The van der Waals surface area contributed by atoms with Gasteiger partial charge in [0.15, 0.2) is 0 Å². The lowest BCUT2D eigenvalue weighted by molar-refractivity contribution is -0.137. The molecule has 0 heterocycles. The summed E-state index contributed by atoms with van der Waals surface area (Å²) < 4.78 is 10.2. The van der Waals surface area contributed by atoms with Crippen molar-refractivity contribution in [2.24, 2.45) is 0 Å². The van der Waals surface area contributed by atoms with E-state index < -0.39 is 0 Å². The van der Waals surface area contributed by atoms with E-state index in [1.54, 1.807) is 11.8 Å². The number of carbonyl (C=O) groups is 1. The summed E-state index contributed by atoms with van der Waals surface area (Å²) in [6.07, 6.45) is 1.01. The highest BCUT2D eigenvalue weighted by Crippen LogP contribution is 2.21. The first-order chi connectivity index (χ1) is 9.71. The molecule has 5 heteroatoms. The van der Waals surface area contributed by atoms with E-state index in [-0.39, 0.29) is 12.0 Å². The Kier molecular flexibility index (Phi) is 8.14. The van der Waals surface area contributed by atoms with Gasteiger partial charge in [0.05, 0.1) is 19.5 Å². The molecule has 1 unspecified atom stereocenters. The molecule has 0 aliphatic carbocycles. The van der Waals surface area contributed by atoms with E-state index in [0.29, 0.717) is 5.75 Å². The minimum Gasteiger partial charge on any atom is -0.494 e. The maximum Gasteiger partial charge on any atom is 0.315 e. The van der Waals surface area contributed by atoms with Crippen molar-refractivity contribution in [1.29, 1.82) is 0 Å². The summed E-state index contributed by atoms with van der Waals surface area (Å²) in [5, 5.41) is 3.26. The summed E-state index contributed by atoms with van der Waals surface area (Å²) in [6, 6.07) is 8.31. The minimum atomic E-state index is -0.187. The molecule has 0 saturated heterocycles. The van der Waals surface area contributed by atoms with Crippen LogP contribution in [0.5, 0.6) is 5.75 Å². The number of rotatable bonds is 9. The molecule has 0 aliphatic rings. The third-order valence-corrected chi connectivity index (χ3v) is 3.84. The molecule has 1 aromatic carbocycles. The molecule has 0 spiro atoms. The Labute approximate surface area is 125 Å². The predicted molar refractivity (Wildman–Crippen MR) is 83.4 cm³/mol. The predicted octanol–water partition coefficient (Wildman–Crippen LogP) is 2.64. The molecular weight excluding hydrogens is 274 g/mol. The number of esters is 1. The SMILES string of the molecule is CCCOc1ccc(C(CSCC(=O)OC)NC)cc1. The summed E-state index contributed by atoms with van der Waals surface area (Å²) in [7, 11) is 3.33. The first-order valence-electron chi connectivity index (χ1n) is 6.75. The number of nitrogens with one attached hydrogen (secondary N) is 1. The summed E-state index contributed by atoms with van der Waals surface area (Å²) in [6.45, 7) is 2.83. The van der Waals surface area contributed by atoms with Crippen molar-refractivity contribution in [3.8, 4) is 5.75 Å². The van der Waals surface area contributed by atoms with E-state index in [1.165, 1.54) is 12.7 Å². The second kappa shape index (κ2) is 9.66. The minimum absolute atomic E-state index is 0.187. The lowest BCUT2D eigenvalue weighted by Gasteiger charge is -2.16. The maximum absolute atomic E-state index is 11.1. The number of carbonyl (C=O) groups excluding carboxylic acids is 1. The molecule has 0 aromatic heterocycles. The highest BCUT2D eigenvalue weighted by atomic mass is 32.2. The topological polar surface area (TPSA) is 47.6 Å². The van der Waals surface area contributed by atoms with Crippen LogP contribution in [-0.2, 0) is 9.53 Å².